The number of nitriles is 1. The van der Waals surface area contributed by atoms with Crippen molar-refractivity contribution >= 4 is 17.2 Å². The van der Waals surface area contributed by atoms with Gasteiger partial charge in [0.25, 0.3) is 5.91 Å². The highest BCUT2D eigenvalue weighted by atomic mass is 16.5. The van der Waals surface area contributed by atoms with Gasteiger partial charge in [-0.05, 0) is 38.1 Å². The molecule has 8 heteroatoms. The summed E-state index contributed by atoms with van der Waals surface area (Å²) in [5.74, 6) is 0.204. The number of fused-ring (bicyclic) bond motifs is 1. The second-order valence-corrected chi connectivity index (χ2v) is 7.60. The maximum atomic E-state index is 12.5. The van der Waals surface area contributed by atoms with E-state index < -0.39 is 0 Å². The summed E-state index contributed by atoms with van der Waals surface area (Å²) in [5.41, 5.74) is 3.58. The molecule has 3 aromatic heterocycles. The van der Waals surface area contributed by atoms with Gasteiger partial charge in [0, 0.05) is 42.8 Å². The SMILES string of the molecule is CC(C)Oc1cc(-c2cnc3cc(NC(=O)c4ccc(=O)n(C)c4)ccn23)ccc1C#N. The molecular weight excluding hydrogens is 406 g/mol. The number of rotatable bonds is 5. The third kappa shape index (κ3) is 4.09. The predicted molar refractivity (Wildman–Crippen MR) is 121 cm³/mol. The Morgan fingerprint density at radius 3 is 2.72 bits per heavy atom. The van der Waals surface area contributed by atoms with Crippen molar-refractivity contribution in [2.24, 2.45) is 7.05 Å². The second-order valence-electron chi connectivity index (χ2n) is 7.60. The van der Waals surface area contributed by atoms with Gasteiger partial charge in [-0.25, -0.2) is 4.98 Å². The van der Waals surface area contributed by atoms with Gasteiger partial charge in [0.1, 0.15) is 17.5 Å². The zero-order chi connectivity index (χ0) is 22.8. The maximum absolute atomic E-state index is 12.5. The molecular formula is C24H21N5O3. The van der Waals surface area contributed by atoms with Crippen molar-refractivity contribution < 1.29 is 9.53 Å². The Labute approximate surface area is 184 Å². The van der Waals surface area contributed by atoms with Crippen LogP contribution in [-0.4, -0.2) is 26.0 Å². The zero-order valence-corrected chi connectivity index (χ0v) is 17.9. The summed E-state index contributed by atoms with van der Waals surface area (Å²) in [6.07, 6.45) is 4.98. The molecule has 0 atom stereocenters. The van der Waals surface area contributed by atoms with Crippen LogP contribution in [0.5, 0.6) is 5.75 Å². The van der Waals surface area contributed by atoms with Gasteiger partial charge in [0.2, 0.25) is 5.56 Å². The Kier molecular flexibility index (Phi) is 5.48. The number of ether oxygens (including phenoxy) is 1. The Bertz CT molecular complexity index is 1430. The molecule has 0 spiro atoms. The number of aromatic nitrogens is 3. The number of carbonyl (C=O) groups is 1. The van der Waals surface area contributed by atoms with E-state index in [4.69, 9.17) is 4.74 Å². The van der Waals surface area contributed by atoms with Crippen LogP contribution in [0.2, 0.25) is 0 Å². The van der Waals surface area contributed by atoms with Crippen LogP contribution in [0.1, 0.15) is 29.8 Å². The van der Waals surface area contributed by atoms with E-state index in [-0.39, 0.29) is 17.6 Å². The van der Waals surface area contributed by atoms with E-state index in [2.05, 4.69) is 16.4 Å². The minimum atomic E-state index is -0.320. The van der Waals surface area contributed by atoms with Gasteiger partial charge in [0.05, 0.1) is 29.1 Å². The van der Waals surface area contributed by atoms with Crippen molar-refractivity contribution in [3.63, 3.8) is 0 Å². The number of hydrogen-bond donors (Lipinski definition) is 1. The normalized spacial score (nSPS) is 10.8. The van der Waals surface area contributed by atoms with Crippen molar-refractivity contribution in [3.05, 3.63) is 82.5 Å². The molecule has 1 N–H and O–H groups in total. The summed E-state index contributed by atoms with van der Waals surface area (Å²) in [6.45, 7) is 3.82. The molecule has 0 aliphatic heterocycles. The highest BCUT2D eigenvalue weighted by Gasteiger charge is 2.13. The molecule has 160 valence electrons. The van der Waals surface area contributed by atoms with E-state index in [0.717, 1.165) is 11.3 Å². The van der Waals surface area contributed by atoms with Crippen LogP contribution in [0.25, 0.3) is 16.9 Å². The smallest absolute Gasteiger partial charge is 0.257 e. The first-order valence-electron chi connectivity index (χ1n) is 10.0. The van der Waals surface area contributed by atoms with Crippen LogP contribution in [0.4, 0.5) is 5.69 Å². The number of aryl methyl sites for hydroxylation is 1. The van der Waals surface area contributed by atoms with Crippen molar-refractivity contribution in [3.8, 4) is 23.1 Å². The average Bonchev–Trinajstić information content (AvgIpc) is 3.18. The number of pyridine rings is 2. The monoisotopic (exact) mass is 427 g/mol. The van der Waals surface area contributed by atoms with Crippen LogP contribution >= 0.6 is 0 Å². The molecule has 0 radical (unpaired) electrons. The Morgan fingerprint density at radius 1 is 1.19 bits per heavy atom. The van der Waals surface area contributed by atoms with E-state index in [9.17, 15) is 14.9 Å². The second kappa shape index (κ2) is 8.40. The molecule has 0 aliphatic carbocycles. The summed E-state index contributed by atoms with van der Waals surface area (Å²) in [4.78, 5) is 28.5. The third-order valence-electron chi connectivity index (χ3n) is 4.88. The molecule has 0 fully saturated rings. The number of anilines is 1. The predicted octanol–water partition coefficient (Wildman–Crippen LogP) is 3.61. The lowest BCUT2D eigenvalue weighted by molar-refractivity contribution is 0.102. The fourth-order valence-electron chi connectivity index (χ4n) is 3.33. The minimum Gasteiger partial charge on any atom is -0.490 e. The van der Waals surface area contributed by atoms with Crippen LogP contribution in [-0.2, 0) is 7.05 Å². The Hall–Kier alpha value is -4.38. The summed E-state index contributed by atoms with van der Waals surface area (Å²) < 4.78 is 9.03. The summed E-state index contributed by atoms with van der Waals surface area (Å²) in [7, 11) is 1.60. The van der Waals surface area contributed by atoms with Crippen molar-refractivity contribution in [2.75, 3.05) is 5.32 Å². The van der Waals surface area contributed by atoms with Gasteiger partial charge in [-0.2, -0.15) is 5.26 Å². The number of hydrogen-bond acceptors (Lipinski definition) is 5. The van der Waals surface area contributed by atoms with Crippen molar-refractivity contribution in [1.29, 1.82) is 5.26 Å². The molecule has 4 rings (SSSR count). The molecule has 0 bridgehead atoms. The van der Waals surface area contributed by atoms with Gasteiger partial charge in [-0.3, -0.25) is 14.0 Å². The average molecular weight is 427 g/mol. The van der Waals surface area contributed by atoms with Crippen LogP contribution in [0.3, 0.4) is 0 Å². The summed E-state index contributed by atoms with van der Waals surface area (Å²) in [6, 6.07) is 13.9. The van der Waals surface area contributed by atoms with Crippen molar-refractivity contribution in [1.82, 2.24) is 14.0 Å². The molecule has 0 saturated heterocycles. The largest absolute Gasteiger partial charge is 0.490 e. The third-order valence-corrected chi connectivity index (χ3v) is 4.88. The molecule has 0 unspecified atom stereocenters. The lowest BCUT2D eigenvalue weighted by Gasteiger charge is -2.13. The first kappa shape index (κ1) is 20.9. The number of nitrogens with one attached hydrogen (secondary N) is 1. The van der Waals surface area contributed by atoms with E-state index in [0.29, 0.717) is 28.2 Å². The Balaban J connectivity index is 1.63. The standard InChI is InChI=1S/C24H21N5O3/c1-15(2)32-21-10-16(4-5-17(21)12-25)20-13-26-22-11-19(8-9-29(20)22)27-24(31)18-6-7-23(30)28(3)14-18/h4-11,13-15H,1-3H3,(H,27,31). The fraction of sp³-hybridized carbons (Fsp3) is 0.167. The number of benzene rings is 1. The van der Waals surface area contributed by atoms with Crippen LogP contribution in [0.15, 0.2) is 65.8 Å². The maximum Gasteiger partial charge on any atom is 0.257 e. The lowest BCUT2D eigenvalue weighted by atomic mass is 10.1. The van der Waals surface area contributed by atoms with Crippen molar-refractivity contribution in [2.45, 2.75) is 20.0 Å². The van der Waals surface area contributed by atoms with E-state index in [1.54, 1.807) is 31.4 Å². The number of carbonyl (C=O) groups excluding carboxylic acids is 1. The molecule has 4 aromatic rings. The first-order valence-corrected chi connectivity index (χ1v) is 10.0. The van der Waals surface area contributed by atoms with Crippen LogP contribution < -0.4 is 15.6 Å². The molecule has 1 aromatic carbocycles. The summed E-state index contributed by atoms with van der Waals surface area (Å²) >= 11 is 0. The van der Waals surface area contributed by atoms with Gasteiger partial charge in [0.15, 0.2) is 0 Å². The topological polar surface area (TPSA) is 101 Å². The first-order chi connectivity index (χ1) is 15.4. The van der Waals surface area contributed by atoms with E-state index >= 15 is 0 Å². The van der Waals surface area contributed by atoms with Gasteiger partial charge in [-0.15, -0.1) is 0 Å². The number of imidazole rings is 1. The molecule has 3 heterocycles. The van der Waals surface area contributed by atoms with E-state index in [1.807, 2.05) is 36.6 Å². The molecule has 1 amide bonds. The number of nitrogens with zero attached hydrogens (tertiary/aromatic N) is 4. The van der Waals surface area contributed by atoms with Gasteiger partial charge >= 0.3 is 0 Å². The molecule has 0 aliphatic rings. The molecule has 8 nitrogen and oxygen atoms in total. The quantitative estimate of drug-likeness (QED) is 0.524. The van der Waals surface area contributed by atoms with Gasteiger partial charge < -0.3 is 14.6 Å². The Morgan fingerprint density at radius 2 is 2.00 bits per heavy atom. The minimum absolute atomic E-state index is 0.0577. The van der Waals surface area contributed by atoms with Crippen LogP contribution in [0, 0.1) is 11.3 Å². The highest BCUT2D eigenvalue weighted by Crippen LogP contribution is 2.29. The lowest BCUT2D eigenvalue weighted by Crippen LogP contribution is -2.19. The van der Waals surface area contributed by atoms with Gasteiger partial charge in [-0.1, -0.05) is 6.07 Å². The van der Waals surface area contributed by atoms with E-state index in [1.165, 1.54) is 22.9 Å². The highest BCUT2D eigenvalue weighted by molar-refractivity contribution is 6.04. The molecule has 0 saturated carbocycles. The molecule has 32 heavy (non-hydrogen) atoms. The summed E-state index contributed by atoms with van der Waals surface area (Å²) in [5, 5.41) is 12.2. The fourth-order valence-corrected chi connectivity index (χ4v) is 3.33. The zero-order valence-electron chi connectivity index (χ0n) is 17.9. The number of amides is 1.